The first-order valence-corrected chi connectivity index (χ1v) is 5.53. The van der Waals surface area contributed by atoms with Crippen molar-refractivity contribution in [3.63, 3.8) is 0 Å². The van der Waals surface area contributed by atoms with Gasteiger partial charge in [-0.15, -0.1) is 0 Å². The van der Waals surface area contributed by atoms with E-state index in [4.69, 9.17) is 4.74 Å². The molecule has 1 atom stereocenters. The Balaban J connectivity index is 2.35. The van der Waals surface area contributed by atoms with Gasteiger partial charge in [0, 0.05) is 12.0 Å². The van der Waals surface area contributed by atoms with Gasteiger partial charge < -0.3 is 10.1 Å². The fraction of sp³-hybridized carbons (Fsp3) is 0.500. The van der Waals surface area contributed by atoms with Gasteiger partial charge in [0.1, 0.15) is 5.76 Å². The van der Waals surface area contributed by atoms with E-state index in [1.807, 2.05) is 20.9 Å². The molecule has 0 spiro atoms. The molecule has 0 aromatic carbocycles. The molecule has 4 nitrogen and oxygen atoms in total. The summed E-state index contributed by atoms with van der Waals surface area (Å²) in [5.41, 5.74) is 3.02. The molecule has 0 bridgehead atoms. The Morgan fingerprint density at radius 2 is 2.19 bits per heavy atom. The van der Waals surface area contributed by atoms with Gasteiger partial charge in [-0.05, 0) is 33.0 Å². The zero-order valence-electron chi connectivity index (χ0n) is 9.95. The summed E-state index contributed by atoms with van der Waals surface area (Å²) in [7, 11) is 1.93. The third kappa shape index (κ3) is 2.07. The minimum absolute atomic E-state index is 0.0942. The SMILES string of the molecule is CNC(C1=CCCO1)c1cc(C)nnc1C. The van der Waals surface area contributed by atoms with Crippen LogP contribution in [0.15, 0.2) is 17.9 Å². The second-order valence-electron chi connectivity index (χ2n) is 3.99. The number of rotatable bonds is 3. The van der Waals surface area contributed by atoms with Gasteiger partial charge in [-0.3, -0.25) is 0 Å². The highest BCUT2D eigenvalue weighted by Crippen LogP contribution is 2.27. The van der Waals surface area contributed by atoms with Gasteiger partial charge in [0.15, 0.2) is 0 Å². The molecule has 2 heterocycles. The van der Waals surface area contributed by atoms with Crippen LogP contribution in [0.3, 0.4) is 0 Å². The van der Waals surface area contributed by atoms with Gasteiger partial charge in [0.25, 0.3) is 0 Å². The summed E-state index contributed by atoms with van der Waals surface area (Å²) >= 11 is 0. The normalized spacial score (nSPS) is 16.8. The number of aryl methyl sites for hydroxylation is 2. The lowest BCUT2D eigenvalue weighted by Gasteiger charge is -2.19. The maximum absolute atomic E-state index is 5.61. The quantitative estimate of drug-likeness (QED) is 0.839. The maximum Gasteiger partial charge on any atom is 0.114 e. The van der Waals surface area contributed by atoms with Crippen LogP contribution in [0.1, 0.15) is 29.4 Å². The van der Waals surface area contributed by atoms with Gasteiger partial charge in [-0.1, -0.05) is 0 Å². The van der Waals surface area contributed by atoms with Gasteiger partial charge in [-0.25, -0.2) is 0 Å². The van der Waals surface area contributed by atoms with Gasteiger partial charge >= 0.3 is 0 Å². The van der Waals surface area contributed by atoms with E-state index in [0.29, 0.717) is 0 Å². The molecule has 1 aliphatic rings. The Morgan fingerprint density at radius 1 is 1.38 bits per heavy atom. The van der Waals surface area contributed by atoms with Crippen molar-refractivity contribution < 1.29 is 4.74 Å². The monoisotopic (exact) mass is 219 g/mol. The maximum atomic E-state index is 5.61. The lowest BCUT2D eigenvalue weighted by atomic mass is 10.0. The molecule has 0 saturated heterocycles. The molecule has 0 fully saturated rings. The van der Waals surface area contributed by atoms with Crippen molar-refractivity contribution in [1.82, 2.24) is 15.5 Å². The summed E-state index contributed by atoms with van der Waals surface area (Å²) in [6, 6.07) is 2.16. The first-order valence-electron chi connectivity index (χ1n) is 5.53. The average molecular weight is 219 g/mol. The number of hydrogen-bond donors (Lipinski definition) is 1. The van der Waals surface area contributed by atoms with Crippen LogP contribution in [0, 0.1) is 13.8 Å². The molecule has 0 radical (unpaired) electrons. The highest BCUT2D eigenvalue weighted by molar-refractivity contribution is 5.30. The first kappa shape index (κ1) is 11.1. The van der Waals surface area contributed by atoms with Crippen molar-refractivity contribution in [2.75, 3.05) is 13.7 Å². The van der Waals surface area contributed by atoms with Crippen LogP contribution in [0.5, 0.6) is 0 Å². The first-order chi connectivity index (χ1) is 7.72. The van der Waals surface area contributed by atoms with Crippen molar-refractivity contribution in [2.45, 2.75) is 26.3 Å². The molecule has 1 aliphatic heterocycles. The van der Waals surface area contributed by atoms with Crippen LogP contribution in [0.2, 0.25) is 0 Å². The van der Waals surface area contributed by atoms with E-state index in [2.05, 4.69) is 27.7 Å². The molecule has 86 valence electrons. The number of nitrogens with zero attached hydrogens (tertiary/aromatic N) is 2. The van der Waals surface area contributed by atoms with E-state index in [0.717, 1.165) is 35.7 Å². The highest BCUT2D eigenvalue weighted by Gasteiger charge is 2.21. The van der Waals surface area contributed by atoms with Gasteiger partial charge in [0.05, 0.1) is 24.0 Å². The number of nitrogens with one attached hydrogen (secondary N) is 1. The van der Waals surface area contributed by atoms with Crippen LogP contribution in [-0.4, -0.2) is 23.9 Å². The second kappa shape index (κ2) is 4.61. The number of ether oxygens (including phenoxy) is 1. The summed E-state index contributed by atoms with van der Waals surface area (Å²) in [6.45, 7) is 4.71. The smallest absolute Gasteiger partial charge is 0.114 e. The van der Waals surface area contributed by atoms with Gasteiger partial charge in [-0.2, -0.15) is 10.2 Å². The summed E-state index contributed by atoms with van der Waals surface area (Å²) < 4.78 is 5.61. The molecule has 1 unspecified atom stereocenters. The van der Waals surface area contributed by atoms with E-state index in [9.17, 15) is 0 Å². The molecular formula is C12H17N3O. The van der Waals surface area contributed by atoms with Crippen molar-refractivity contribution >= 4 is 0 Å². The van der Waals surface area contributed by atoms with E-state index in [-0.39, 0.29) is 6.04 Å². The molecule has 1 aromatic rings. The fourth-order valence-electron chi connectivity index (χ4n) is 1.95. The minimum atomic E-state index is 0.0942. The molecule has 1 aromatic heterocycles. The van der Waals surface area contributed by atoms with Crippen LogP contribution in [0.4, 0.5) is 0 Å². The van der Waals surface area contributed by atoms with E-state index in [1.54, 1.807) is 0 Å². The standard InChI is InChI=1S/C12H17N3O/c1-8-7-10(9(2)15-14-8)12(13-3)11-5-4-6-16-11/h5,7,12-13H,4,6H2,1-3H3. The van der Waals surface area contributed by atoms with E-state index in [1.165, 1.54) is 0 Å². The summed E-state index contributed by atoms with van der Waals surface area (Å²) in [5.74, 6) is 0.998. The largest absolute Gasteiger partial charge is 0.496 e. The lowest BCUT2D eigenvalue weighted by Crippen LogP contribution is -2.21. The van der Waals surface area contributed by atoms with Crippen molar-refractivity contribution in [3.8, 4) is 0 Å². The molecule has 4 heteroatoms. The van der Waals surface area contributed by atoms with Crippen LogP contribution in [-0.2, 0) is 4.74 Å². The summed E-state index contributed by atoms with van der Waals surface area (Å²) in [6.07, 6.45) is 3.13. The molecule has 2 rings (SSSR count). The Morgan fingerprint density at radius 3 is 2.81 bits per heavy atom. The van der Waals surface area contributed by atoms with Crippen LogP contribution in [0.25, 0.3) is 0 Å². The third-order valence-corrected chi connectivity index (χ3v) is 2.76. The Labute approximate surface area is 95.7 Å². The van der Waals surface area contributed by atoms with Crippen molar-refractivity contribution in [1.29, 1.82) is 0 Å². The highest BCUT2D eigenvalue weighted by atomic mass is 16.5. The van der Waals surface area contributed by atoms with Gasteiger partial charge in [0.2, 0.25) is 0 Å². The number of likely N-dealkylation sites (N-methyl/N-ethyl adjacent to an activating group) is 1. The van der Waals surface area contributed by atoms with Crippen molar-refractivity contribution in [3.05, 3.63) is 34.9 Å². The molecular weight excluding hydrogens is 202 g/mol. The van der Waals surface area contributed by atoms with Crippen LogP contribution >= 0.6 is 0 Å². The van der Waals surface area contributed by atoms with Crippen molar-refractivity contribution in [2.24, 2.45) is 0 Å². The zero-order valence-corrected chi connectivity index (χ0v) is 9.95. The number of aromatic nitrogens is 2. The Hall–Kier alpha value is -1.42. The number of hydrogen-bond acceptors (Lipinski definition) is 4. The molecule has 1 N–H and O–H groups in total. The van der Waals surface area contributed by atoms with E-state index >= 15 is 0 Å². The summed E-state index contributed by atoms with van der Waals surface area (Å²) in [4.78, 5) is 0. The third-order valence-electron chi connectivity index (χ3n) is 2.76. The summed E-state index contributed by atoms with van der Waals surface area (Å²) in [5, 5.41) is 11.5. The second-order valence-corrected chi connectivity index (χ2v) is 3.99. The Bertz CT molecular complexity index is 415. The van der Waals surface area contributed by atoms with Crippen LogP contribution < -0.4 is 5.32 Å². The molecule has 16 heavy (non-hydrogen) atoms. The minimum Gasteiger partial charge on any atom is -0.496 e. The lowest BCUT2D eigenvalue weighted by molar-refractivity contribution is 0.217. The molecule has 0 amide bonds. The predicted molar refractivity (Wildman–Crippen MR) is 62.0 cm³/mol. The van der Waals surface area contributed by atoms with E-state index < -0.39 is 0 Å². The Kier molecular flexibility index (Phi) is 3.19. The topological polar surface area (TPSA) is 47.0 Å². The predicted octanol–water partition coefficient (Wildman–Crippen LogP) is 1.66. The fourth-order valence-corrected chi connectivity index (χ4v) is 1.95. The molecule has 0 aliphatic carbocycles. The average Bonchev–Trinajstić information content (AvgIpc) is 2.78. The molecule has 0 saturated carbocycles. The zero-order chi connectivity index (χ0) is 11.5.